The largest absolute Gasteiger partial charge is 0.354 e. The van der Waals surface area contributed by atoms with Crippen molar-refractivity contribution in [3.63, 3.8) is 0 Å². The van der Waals surface area contributed by atoms with E-state index in [1.807, 2.05) is 25.5 Å². The molecule has 2 aromatic rings. The van der Waals surface area contributed by atoms with Crippen molar-refractivity contribution < 1.29 is 13.6 Å². The normalized spacial score (nSPS) is 12.4. The molecule has 0 unspecified atom stereocenters. The summed E-state index contributed by atoms with van der Waals surface area (Å²) < 4.78 is 26.0. The Bertz CT molecular complexity index is 644. The van der Waals surface area contributed by atoms with Gasteiger partial charge in [0.2, 0.25) is 5.91 Å². The molecule has 1 N–H and O–H groups in total. The predicted molar refractivity (Wildman–Crippen MR) is 88.4 cm³/mol. The van der Waals surface area contributed by atoms with E-state index in [0.717, 1.165) is 12.1 Å². The molecule has 3 nitrogen and oxygen atoms in total. The van der Waals surface area contributed by atoms with E-state index in [4.69, 9.17) is 0 Å². The number of nitrogens with one attached hydrogen (secondary N) is 1. The Morgan fingerprint density at radius 1 is 1.26 bits per heavy atom. The molecule has 6 heteroatoms. The standard InChI is InChI=1S/C17H20F2N2OS/c1-21(2)16(13-7-8-23-11-13)10-20-17(22)6-4-12-3-5-14(18)15(19)9-12/h3,5,7-9,11,16H,4,6,10H2,1-2H3,(H,20,22)/t16-/m0/s1. The number of likely N-dealkylation sites (N-methyl/N-ethyl adjacent to an activating group) is 1. The highest BCUT2D eigenvalue weighted by atomic mass is 32.1. The monoisotopic (exact) mass is 338 g/mol. The average Bonchev–Trinajstić information content (AvgIpc) is 3.02. The van der Waals surface area contributed by atoms with Crippen molar-refractivity contribution in [2.24, 2.45) is 0 Å². The highest BCUT2D eigenvalue weighted by Gasteiger charge is 2.15. The molecule has 1 amide bonds. The van der Waals surface area contributed by atoms with Crippen LogP contribution in [-0.4, -0.2) is 31.4 Å². The summed E-state index contributed by atoms with van der Waals surface area (Å²) in [6.07, 6.45) is 0.628. The van der Waals surface area contributed by atoms with Gasteiger partial charge in [-0.15, -0.1) is 0 Å². The molecular weight excluding hydrogens is 318 g/mol. The first kappa shape index (κ1) is 17.6. The Morgan fingerprint density at radius 3 is 2.65 bits per heavy atom. The summed E-state index contributed by atoms with van der Waals surface area (Å²) >= 11 is 1.62. The Balaban J connectivity index is 1.83. The van der Waals surface area contributed by atoms with Gasteiger partial charge in [-0.05, 0) is 60.6 Å². The summed E-state index contributed by atoms with van der Waals surface area (Å²) in [5, 5.41) is 6.98. The Morgan fingerprint density at radius 2 is 2.04 bits per heavy atom. The number of amides is 1. The number of carbonyl (C=O) groups is 1. The maximum absolute atomic E-state index is 13.1. The molecule has 0 fully saturated rings. The van der Waals surface area contributed by atoms with Gasteiger partial charge in [-0.3, -0.25) is 4.79 Å². The van der Waals surface area contributed by atoms with Crippen LogP contribution >= 0.6 is 11.3 Å². The summed E-state index contributed by atoms with van der Waals surface area (Å²) in [4.78, 5) is 14.0. The van der Waals surface area contributed by atoms with Crippen LogP contribution in [0.4, 0.5) is 8.78 Å². The van der Waals surface area contributed by atoms with Gasteiger partial charge in [0, 0.05) is 13.0 Å². The zero-order valence-corrected chi connectivity index (χ0v) is 14.0. The number of thiophene rings is 1. The third kappa shape index (κ3) is 5.11. The van der Waals surface area contributed by atoms with Crippen molar-refractivity contribution in [2.75, 3.05) is 20.6 Å². The van der Waals surface area contributed by atoms with Crippen LogP contribution in [0.2, 0.25) is 0 Å². The molecule has 2 rings (SSSR count). The number of halogens is 2. The number of hydrogen-bond acceptors (Lipinski definition) is 3. The Labute approximate surface area is 138 Å². The van der Waals surface area contributed by atoms with Crippen LogP contribution in [0.25, 0.3) is 0 Å². The molecule has 0 aliphatic rings. The maximum atomic E-state index is 13.1. The van der Waals surface area contributed by atoms with Crippen LogP contribution in [-0.2, 0) is 11.2 Å². The lowest BCUT2D eigenvalue weighted by Crippen LogP contribution is -2.34. The summed E-state index contributed by atoms with van der Waals surface area (Å²) in [6, 6.07) is 5.88. The van der Waals surface area contributed by atoms with Gasteiger partial charge in [0.05, 0.1) is 6.04 Å². The number of aryl methyl sites for hydroxylation is 1. The minimum absolute atomic E-state index is 0.100. The van der Waals surface area contributed by atoms with Crippen LogP contribution in [0.1, 0.15) is 23.6 Å². The third-order valence-corrected chi connectivity index (χ3v) is 4.37. The smallest absolute Gasteiger partial charge is 0.220 e. The first-order valence-electron chi connectivity index (χ1n) is 7.36. The van der Waals surface area contributed by atoms with Gasteiger partial charge in [-0.25, -0.2) is 8.78 Å². The van der Waals surface area contributed by atoms with Crippen LogP contribution in [0.3, 0.4) is 0 Å². The van der Waals surface area contributed by atoms with Gasteiger partial charge in [-0.2, -0.15) is 11.3 Å². The lowest BCUT2D eigenvalue weighted by Gasteiger charge is -2.24. The zero-order chi connectivity index (χ0) is 16.8. The molecule has 23 heavy (non-hydrogen) atoms. The predicted octanol–water partition coefficient (Wildman–Crippen LogP) is 3.38. The molecule has 0 aliphatic heterocycles. The van der Waals surface area contributed by atoms with Crippen molar-refractivity contribution in [1.29, 1.82) is 0 Å². The van der Waals surface area contributed by atoms with Crippen molar-refractivity contribution in [1.82, 2.24) is 10.2 Å². The van der Waals surface area contributed by atoms with Crippen LogP contribution in [0, 0.1) is 11.6 Å². The summed E-state index contributed by atoms with van der Waals surface area (Å²) in [6.45, 7) is 0.514. The molecule has 0 saturated carbocycles. The molecule has 1 aromatic heterocycles. The van der Waals surface area contributed by atoms with E-state index < -0.39 is 11.6 Å². The molecule has 0 saturated heterocycles. The molecular formula is C17H20F2N2OS. The van der Waals surface area contributed by atoms with E-state index in [2.05, 4.69) is 15.6 Å². The zero-order valence-electron chi connectivity index (χ0n) is 13.2. The fraction of sp³-hybridized carbons (Fsp3) is 0.353. The Kier molecular flexibility index (Phi) is 6.24. The van der Waals surface area contributed by atoms with E-state index >= 15 is 0 Å². The minimum Gasteiger partial charge on any atom is -0.354 e. The fourth-order valence-corrected chi connectivity index (χ4v) is 3.02. The first-order chi connectivity index (χ1) is 11.0. The fourth-order valence-electron chi connectivity index (χ4n) is 2.32. The molecule has 124 valence electrons. The van der Waals surface area contributed by atoms with Gasteiger partial charge in [0.1, 0.15) is 0 Å². The molecule has 0 spiro atoms. The summed E-state index contributed by atoms with van der Waals surface area (Å²) in [7, 11) is 3.94. The second kappa shape index (κ2) is 8.17. The number of nitrogens with zero attached hydrogens (tertiary/aromatic N) is 1. The van der Waals surface area contributed by atoms with E-state index in [0.29, 0.717) is 18.5 Å². The second-order valence-corrected chi connectivity index (χ2v) is 6.37. The topological polar surface area (TPSA) is 32.3 Å². The van der Waals surface area contributed by atoms with Gasteiger partial charge in [-0.1, -0.05) is 6.07 Å². The molecule has 0 bridgehead atoms. The van der Waals surface area contributed by atoms with Crippen molar-refractivity contribution in [3.05, 3.63) is 57.8 Å². The van der Waals surface area contributed by atoms with Gasteiger partial charge < -0.3 is 10.2 Å². The van der Waals surface area contributed by atoms with Crippen molar-refractivity contribution >= 4 is 17.2 Å². The SMILES string of the molecule is CN(C)[C@@H](CNC(=O)CCc1ccc(F)c(F)c1)c1ccsc1. The van der Waals surface area contributed by atoms with Crippen LogP contribution in [0.5, 0.6) is 0 Å². The molecule has 1 aromatic carbocycles. The van der Waals surface area contributed by atoms with Crippen LogP contribution < -0.4 is 5.32 Å². The highest BCUT2D eigenvalue weighted by molar-refractivity contribution is 7.07. The van der Waals surface area contributed by atoms with E-state index in [-0.39, 0.29) is 18.4 Å². The Hall–Kier alpha value is -1.79. The molecule has 1 atom stereocenters. The quantitative estimate of drug-likeness (QED) is 0.839. The number of hydrogen-bond donors (Lipinski definition) is 1. The minimum atomic E-state index is -0.881. The average molecular weight is 338 g/mol. The first-order valence-corrected chi connectivity index (χ1v) is 8.31. The van der Waals surface area contributed by atoms with Crippen LogP contribution in [0.15, 0.2) is 35.0 Å². The lowest BCUT2D eigenvalue weighted by molar-refractivity contribution is -0.121. The molecule has 1 heterocycles. The highest BCUT2D eigenvalue weighted by Crippen LogP contribution is 2.20. The summed E-state index contributed by atoms with van der Waals surface area (Å²) in [5.41, 5.74) is 1.78. The van der Waals surface area contributed by atoms with Gasteiger partial charge >= 0.3 is 0 Å². The van der Waals surface area contributed by atoms with E-state index in [1.165, 1.54) is 11.6 Å². The number of rotatable bonds is 7. The second-order valence-electron chi connectivity index (χ2n) is 5.59. The van der Waals surface area contributed by atoms with Gasteiger partial charge in [0.15, 0.2) is 11.6 Å². The lowest BCUT2D eigenvalue weighted by atomic mass is 10.1. The molecule has 0 radical (unpaired) electrons. The number of benzene rings is 1. The van der Waals surface area contributed by atoms with Crippen molar-refractivity contribution in [2.45, 2.75) is 18.9 Å². The maximum Gasteiger partial charge on any atom is 0.220 e. The number of carbonyl (C=O) groups excluding carboxylic acids is 1. The van der Waals surface area contributed by atoms with Gasteiger partial charge in [0.25, 0.3) is 0 Å². The molecule has 0 aliphatic carbocycles. The summed E-state index contributed by atoms with van der Waals surface area (Å²) in [5.74, 6) is -1.85. The third-order valence-electron chi connectivity index (χ3n) is 3.67. The van der Waals surface area contributed by atoms with E-state index in [9.17, 15) is 13.6 Å². The van der Waals surface area contributed by atoms with E-state index in [1.54, 1.807) is 11.3 Å². The van der Waals surface area contributed by atoms with Crippen molar-refractivity contribution in [3.8, 4) is 0 Å².